The van der Waals surface area contributed by atoms with Crippen LogP contribution >= 0.6 is 27.3 Å². The summed E-state index contributed by atoms with van der Waals surface area (Å²) in [5.41, 5.74) is 1.75. The van der Waals surface area contributed by atoms with Crippen molar-refractivity contribution in [3.05, 3.63) is 44.8 Å². The third-order valence-electron chi connectivity index (χ3n) is 2.07. The van der Waals surface area contributed by atoms with Gasteiger partial charge in [0.15, 0.2) is 0 Å². The van der Waals surface area contributed by atoms with E-state index in [1.165, 1.54) is 11.3 Å². The second-order valence-electron chi connectivity index (χ2n) is 3.25. The van der Waals surface area contributed by atoms with E-state index in [4.69, 9.17) is 0 Å². The maximum absolute atomic E-state index is 11.8. The van der Waals surface area contributed by atoms with Crippen LogP contribution in [0.4, 0.5) is 5.69 Å². The number of halogens is 1. The van der Waals surface area contributed by atoms with Gasteiger partial charge in [0.1, 0.15) is 0 Å². The normalized spacial score (nSPS) is 10.1. The Morgan fingerprint density at radius 1 is 1.44 bits per heavy atom. The Bertz CT molecular complexity index is 524. The summed E-state index contributed by atoms with van der Waals surface area (Å²) in [4.78, 5) is 16.5. The highest BCUT2D eigenvalue weighted by Crippen LogP contribution is 2.23. The number of anilines is 1. The molecule has 1 amide bonds. The second-order valence-corrected chi connectivity index (χ2v) is 5.71. The van der Waals surface area contributed by atoms with E-state index in [1.807, 2.05) is 13.0 Å². The molecule has 3 nitrogen and oxygen atoms in total. The monoisotopic (exact) mass is 296 g/mol. The molecule has 0 atom stereocenters. The third-order valence-corrected chi connectivity index (χ3v) is 3.69. The van der Waals surface area contributed by atoms with Crippen molar-refractivity contribution in [3.8, 4) is 0 Å². The number of pyridine rings is 1. The highest BCUT2D eigenvalue weighted by Gasteiger charge is 2.09. The molecule has 0 aliphatic rings. The lowest BCUT2D eigenvalue weighted by atomic mass is 10.2. The van der Waals surface area contributed by atoms with Gasteiger partial charge < -0.3 is 5.32 Å². The lowest BCUT2D eigenvalue weighted by Crippen LogP contribution is -2.11. The van der Waals surface area contributed by atoms with Gasteiger partial charge in [-0.2, -0.15) is 0 Å². The molecule has 0 fully saturated rings. The van der Waals surface area contributed by atoms with Crippen LogP contribution in [0.3, 0.4) is 0 Å². The van der Waals surface area contributed by atoms with Crippen molar-refractivity contribution in [2.24, 2.45) is 0 Å². The number of carbonyl (C=O) groups excluding carboxylic acids is 1. The Balaban J connectivity index is 2.17. The number of carbonyl (C=O) groups is 1. The quantitative estimate of drug-likeness (QED) is 0.922. The number of rotatable bonds is 2. The molecular weight excluding hydrogens is 288 g/mol. The lowest BCUT2D eigenvalue weighted by Gasteiger charge is -2.05. The van der Waals surface area contributed by atoms with Crippen LogP contribution in [-0.4, -0.2) is 10.9 Å². The Hall–Kier alpha value is -1.20. The van der Waals surface area contributed by atoms with E-state index in [2.05, 4.69) is 26.2 Å². The molecule has 1 N–H and O–H groups in total. The van der Waals surface area contributed by atoms with Crippen molar-refractivity contribution in [1.82, 2.24) is 4.98 Å². The molecule has 2 aromatic rings. The molecule has 0 bridgehead atoms. The smallest absolute Gasteiger partial charge is 0.265 e. The lowest BCUT2D eigenvalue weighted by molar-refractivity contribution is 0.103. The standard InChI is InChI=1S/C11H9BrN2OS/c1-7-6-13-5-4-8(7)14-11(15)9-2-3-10(12)16-9/h2-6H,1H3,(H,13,14,15). The molecule has 0 spiro atoms. The molecule has 2 heterocycles. The van der Waals surface area contributed by atoms with E-state index in [0.717, 1.165) is 15.0 Å². The van der Waals surface area contributed by atoms with Crippen LogP contribution in [0.15, 0.2) is 34.4 Å². The van der Waals surface area contributed by atoms with Gasteiger partial charge in [-0.1, -0.05) is 0 Å². The molecule has 0 radical (unpaired) electrons. The maximum Gasteiger partial charge on any atom is 0.265 e. The molecule has 0 unspecified atom stereocenters. The topological polar surface area (TPSA) is 42.0 Å². The van der Waals surface area contributed by atoms with Crippen molar-refractivity contribution in [1.29, 1.82) is 0 Å². The predicted molar refractivity (Wildman–Crippen MR) is 68.9 cm³/mol. The largest absolute Gasteiger partial charge is 0.321 e. The molecule has 2 aromatic heterocycles. The van der Waals surface area contributed by atoms with E-state index in [-0.39, 0.29) is 5.91 Å². The minimum atomic E-state index is -0.0926. The average Bonchev–Trinajstić information content (AvgIpc) is 2.68. The van der Waals surface area contributed by atoms with Crippen molar-refractivity contribution in [3.63, 3.8) is 0 Å². The SMILES string of the molecule is Cc1cnccc1NC(=O)c1ccc(Br)s1. The van der Waals surface area contributed by atoms with Crippen molar-refractivity contribution < 1.29 is 4.79 Å². The number of amides is 1. The predicted octanol–water partition coefficient (Wildman–Crippen LogP) is 3.47. The van der Waals surface area contributed by atoms with Crippen molar-refractivity contribution >= 4 is 38.9 Å². The number of nitrogens with zero attached hydrogens (tertiary/aromatic N) is 1. The summed E-state index contributed by atoms with van der Waals surface area (Å²) < 4.78 is 0.948. The molecule has 2 rings (SSSR count). The van der Waals surface area contributed by atoms with Crippen molar-refractivity contribution in [2.45, 2.75) is 6.92 Å². The summed E-state index contributed by atoms with van der Waals surface area (Å²) in [5.74, 6) is -0.0926. The fourth-order valence-electron chi connectivity index (χ4n) is 1.23. The van der Waals surface area contributed by atoms with Crippen LogP contribution in [-0.2, 0) is 0 Å². The van der Waals surface area contributed by atoms with Gasteiger partial charge in [0.25, 0.3) is 5.91 Å². The molecule has 5 heteroatoms. The Morgan fingerprint density at radius 2 is 2.25 bits per heavy atom. The van der Waals surface area contributed by atoms with E-state index >= 15 is 0 Å². The van der Waals surface area contributed by atoms with E-state index < -0.39 is 0 Å². The molecule has 0 aromatic carbocycles. The number of nitrogens with one attached hydrogen (secondary N) is 1. The molecule has 0 aliphatic heterocycles. The Kier molecular flexibility index (Phi) is 3.36. The fraction of sp³-hybridized carbons (Fsp3) is 0.0909. The van der Waals surface area contributed by atoms with Gasteiger partial charge in [0, 0.05) is 18.1 Å². The van der Waals surface area contributed by atoms with Gasteiger partial charge in [-0.05, 0) is 46.6 Å². The number of thiophene rings is 1. The first-order valence-corrected chi connectivity index (χ1v) is 6.25. The molecule has 16 heavy (non-hydrogen) atoms. The van der Waals surface area contributed by atoms with Crippen LogP contribution < -0.4 is 5.32 Å². The van der Waals surface area contributed by atoms with Gasteiger partial charge in [-0.3, -0.25) is 9.78 Å². The number of aryl methyl sites for hydroxylation is 1. The van der Waals surface area contributed by atoms with Gasteiger partial charge >= 0.3 is 0 Å². The number of aromatic nitrogens is 1. The van der Waals surface area contributed by atoms with Crippen LogP contribution in [0.5, 0.6) is 0 Å². The third kappa shape index (κ3) is 2.48. The van der Waals surface area contributed by atoms with Crippen LogP contribution in [0, 0.1) is 6.92 Å². The van der Waals surface area contributed by atoms with Crippen molar-refractivity contribution in [2.75, 3.05) is 5.32 Å². The number of hydrogen-bond donors (Lipinski definition) is 1. The van der Waals surface area contributed by atoms with Gasteiger partial charge in [0.2, 0.25) is 0 Å². The first-order chi connectivity index (χ1) is 7.66. The fourth-order valence-corrected chi connectivity index (χ4v) is 2.52. The summed E-state index contributed by atoms with van der Waals surface area (Å²) in [6.07, 6.45) is 3.38. The van der Waals surface area contributed by atoms with Gasteiger partial charge in [0.05, 0.1) is 8.66 Å². The minimum absolute atomic E-state index is 0.0926. The molecule has 82 valence electrons. The summed E-state index contributed by atoms with van der Waals surface area (Å²) in [6, 6.07) is 5.44. The Morgan fingerprint density at radius 3 is 2.88 bits per heavy atom. The Labute approximate surface area is 106 Å². The van der Waals surface area contributed by atoms with Crippen LogP contribution in [0.1, 0.15) is 15.2 Å². The zero-order chi connectivity index (χ0) is 11.5. The minimum Gasteiger partial charge on any atom is -0.321 e. The van der Waals surface area contributed by atoms with E-state index in [0.29, 0.717) is 4.88 Å². The summed E-state index contributed by atoms with van der Waals surface area (Å²) in [7, 11) is 0. The average molecular weight is 297 g/mol. The highest BCUT2D eigenvalue weighted by atomic mass is 79.9. The zero-order valence-corrected chi connectivity index (χ0v) is 10.9. The second kappa shape index (κ2) is 4.76. The first kappa shape index (κ1) is 11.3. The van der Waals surface area contributed by atoms with Gasteiger partial charge in [-0.25, -0.2) is 0 Å². The van der Waals surface area contributed by atoms with Crippen LogP contribution in [0.2, 0.25) is 0 Å². The summed E-state index contributed by atoms with van der Waals surface area (Å²) >= 11 is 4.74. The molecule has 0 aliphatic carbocycles. The van der Waals surface area contributed by atoms with E-state index in [9.17, 15) is 4.79 Å². The summed E-state index contributed by atoms with van der Waals surface area (Å²) in [5, 5.41) is 2.85. The molecule has 0 saturated carbocycles. The first-order valence-electron chi connectivity index (χ1n) is 4.64. The van der Waals surface area contributed by atoms with Gasteiger partial charge in [-0.15, -0.1) is 11.3 Å². The molecular formula is C11H9BrN2OS. The summed E-state index contributed by atoms with van der Waals surface area (Å²) in [6.45, 7) is 1.91. The molecule has 0 saturated heterocycles. The number of hydrogen-bond acceptors (Lipinski definition) is 3. The zero-order valence-electron chi connectivity index (χ0n) is 8.53. The van der Waals surface area contributed by atoms with E-state index in [1.54, 1.807) is 24.5 Å². The van der Waals surface area contributed by atoms with Crippen LogP contribution in [0.25, 0.3) is 0 Å². The highest BCUT2D eigenvalue weighted by molar-refractivity contribution is 9.11. The maximum atomic E-state index is 11.8.